The summed E-state index contributed by atoms with van der Waals surface area (Å²) in [5, 5.41) is 0. The summed E-state index contributed by atoms with van der Waals surface area (Å²) >= 11 is 0. The van der Waals surface area contributed by atoms with Crippen LogP contribution in [0.15, 0.2) is 159 Å². The molecule has 0 saturated heterocycles. The van der Waals surface area contributed by atoms with Crippen molar-refractivity contribution in [3.63, 3.8) is 0 Å². The number of para-hydroxylation sites is 8. The van der Waals surface area contributed by atoms with Crippen molar-refractivity contribution < 1.29 is 9.47 Å². The van der Waals surface area contributed by atoms with Gasteiger partial charge >= 0.3 is 0 Å². The predicted molar refractivity (Wildman–Crippen MR) is 199 cm³/mol. The van der Waals surface area contributed by atoms with E-state index in [1.165, 1.54) is 25.3 Å². The van der Waals surface area contributed by atoms with Crippen molar-refractivity contribution in [2.75, 3.05) is 9.80 Å². The molecule has 0 N–H and O–H groups in total. The van der Waals surface area contributed by atoms with Crippen molar-refractivity contribution in [2.45, 2.75) is 0 Å². The Hall–Kier alpha value is -7.46. The largest absolute Gasteiger partial charge is 0.453 e. The van der Waals surface area contributed by atoms with Gasteiger partial charge in [-0.1, -0.05) is 60.7 Å². The summed E-state index contributed by atoms with van der Waals surface area (Å²) in [4.78, 5) is 31.1. The Morgan fingerprint density at radius 2 is 0.673 bits per heavy atom. The highest BCUT2D eigenvalue weighted by atomic mass is 16.5. The van der Waals surface area contributed by atoms with E-state index in [0.717, 1.165) is 79.4 Å². The number of benzene rings is 6. The Morgan fingerprint density at radius 3 is 1.02 bits per heavy atom. The minimum absolute atomic E-state index is 0.531. The first-order chi connectivity index (χ1) is 25.8. The SMILES string of the molecule is c1ccc2c(c1)Oc1ccccc1N2c1ccc(-c2ccc(N3c4ccccc4Oc4ccccc43)cc2-c2ncncn2)c(-c2ncncn2)c1. The van der Waals surface area contributed by atoms with Gasteiger partial charge in [0.1, 0.15) is 25.3 Å². The minimum atomic E-state index is 0.531. The normalized spacial score (nSPS) is 12.5. The van der Waals surface area contributed by atoms with E-state index in [1.54, 1.807) is 0 Å². The summed E-state index contributed by atoms with van der Waals surface area (Å²) in [6, 6.07) is 44.8. The average molecular weight is 675 g/mol. The molecule has 6 aromatic carbocycles. The van der Waals surface area contributed by atoms with Gasteiger partial charge in [-0.3, -0.25) is 0 Å². The summed E-state index contributed by atoms with van der Waals surface area (Å²) in [7, 11) is 0. The number of nitrogens with zero attached hydrogens (tertiary/aromatic N) is 8. The maximum atomic E-state index is 6.30. The second-order valence-corrected chi connectivity index (χ2v) is 12.1. The topological polar surface area (TPSA) is 102 Å². The molecule has 52 heavy (non-hydrogen) atoms. The summed E-state index contributed by atoms with van der Waals surface area (Å²) in [6.45, 7) is 0. The summed E-state index contributed by atoms with van der Waals surface area (Å²) in [6.07, 6.45) is 6.06. The molecule has 10 nitrogen and oxygen atoms in total. The van der Waals surface area contributed by atoms with Crippen LogP contribution in [0.25, 0.3) is 33.9 Å². The van der Waals surface area contributed by atoms with Crippen molar-refractivity contribution in [3.8, 4) is 56.9 Å². The van der Waals surface area contributed by atoms with Crippen LogP contribution >= 0.6 is 0 Å². The molecule has 2 aromatic heterocycles. The quantitative estimate of drug-likeness (QED) is 0.175. The highest BCUT2D eigenvalue weighted by molar-refractivity contribution is 5.96. The van der Waals surface area contributed by atoms with Crippen molar-refractivity contribution in [2.24, 2.45) is 0 Å². The van der Waals surface area contributed by atoms with Crippen LogP contribution < -0.4 is 19.3 Å². The first kappa shape index (κ1) is 29.5. The highest BCUT2D eigenvalue weighted by Gasteiger charge is 2.29. The molecular weight excluding hydrogens is 649 g/mol. The van der Waals surface area contributed by atoms with E-state index in [9.17, 15) is 0 Å². The second kappa shape index (κ2) is 12.1. The highest BCUT2D eigenvalue weighted by Crippen LogP contribution is 2.53. The van der Waals surface area contributed by atoms with Crippen LogP contribution in [0.5, 0.6) is 23.0 Å². The molecule has 0 fully saturated rings. The van der Waals surface area contributed by atoms with Gasteiger partial charge in [-0.25, -0.2) is 29.9 Å². The maximum Gasteiger partial charge on any atom is 0.163 e. The monoisotopic (exact) mass is 674 g/mol. The number of ether oxygens (including phenoxy) is 2. The number of fused-ring (bicyclic) bond motifs is 4. The van der Waals surface area contributed by atoms with Gasteiger partial charge in [0.25, 0.3) is 0 Å². The molecule has 0 saturated carbocycles. The molecule has 8 aromatic rings. The smallest absolute Gasteiger partial charge is 0.163 e. The summed E-state index contributed by atoms with van der Waals surface area (Å²) in [5.41, 5.74) is 8.97. The van der Waals surface area contributed by atoms with E-state index in [4.69, 9.17) is 9.47 Å². The van der Waals surface area contributed by atoms with Crippen LogP contribution in [0, 0.1) is 0 Å². The second-order valence-electron chi connectivity index (χ2n) is 12.1. The van der Waals surface area contributed by atoms with Gasteiger partial charge in [0, 0.05) is 22.5 Å². The predicted octanol–water partition coefficient (Wildman–Crippen LogP) is 10.2. The van der Waals surface area contributed by atoms with E-state index < -0.39 is 0 Å². The van der Waals surface area contributed by atoms with Crippen LogP contribution in [0.2, 0.25) is 0 Å². The van der Waals surface area contributed by atoms with E-state index in [0.29, 0.717) is 11.6 Å². The third-order valence-electron chi connectivity index (χ3n) is 9.15. The molecule has 0 spiro atoms. The third kappa shape index (κ3) is 4.89. The van der Waals surface area contributed by atoms with Crippen molar-refractivity contribution in [3.05, 3.63) is 159 Å². The fourth-order valence-corrected chi connectivity index (χ4v) is 6.90. The van der Waals surface area contributed by atoms with Crippen LogP contribution in [0.1, 0.15) is 0 Å². The molecule has 10 heteroatoms. The number of hydrogen-bond acceptors (Lipinski definition) is 10. The first-order valence-corrected chi connectivity index (χ1v) is 16.7. The molecule has 0 atom stereocenters. The first-order valence-electron chi connectivity index (χ1n) is 16.7. The van der Waals surface area contributed by atoms with Crippen LogP contribution in [-0.4, -0.2) is 29.9 Å². The van der Waals surface area contributed by atoms with E-state index >= 15 is 0 Å². The molecule has 246 valence electrons. The van der Waals surface area contributed by atoms with Crippen molar-refractivity contribution in [1.29, 1.82) is 0 Å². The Balaban J connectivity index is 1.18. The Morgan fingerprint density at radius 1 is 0.346 bits per heavy atom. The molecule has 2 aliphatic heterocycles. The van der Waals surface area contributed by atoms with E-state index in [1.807, 2.05) is 72.8 Å². The third-order valence-corrected chi connectivity index (χ3v) is 9.15. The molecular formula is C42H26N8O2. The molecule has 0 unspecified atom stereocenters. The van der Waals surface area contributed by atoms with Gasteiger partial charge in [-0.15, -0.1) is 0 Å². The van der Waals surface area contributed by atoms with Gasteiger partial charge in [0.15, 0.2) is 34.6 Å². The molecule has 4 heterocycles. The molecule has 2 aliphatic rings. The van der Waals surface area contributed by atoms with Gasteiger partial charge in [0.05, 0.1) is 22.7 Å². The molecule has 0 bridgehead atoms. The fraction of sp³-hybridized carbons (Fsp3) is 0. The Labute approximate surface area is 298 Å². The minimum Gasteiger partial charge on any atom is -0.453 e. The zero-order valence-corrected chi connectivity index (χ0v) is 27.4. The van der Waals surface area contributed by atoms with E-state index in [2.05, 4.69) is 100 Å². The Kier molecular flexibility index (Phi) is 6.88. The van der Waals surface area contributed by atoms with Crippen LogP contribution in [0.4, 0.5) is 34.1 Å². The lowest BCUT2D eigenvalue weighted by molar-refractivity contribution is 0.477. The van der Waals surface area contributed by atoms with Gasteiger partial charge in [-0.2, -0.15) is 0 Å². The standard InChI is InChI=1S/C42H26N8O2/c1-5-13-37-33(9-1)49(34-10-2-6-14-38(34)51-37)27-17-19-29(31(21-27)41-45-23-43-24-46-41)30-20-18-28(22-32(30)42-47-25-44-26-48-42)50-35-11-3-7-15-39(35)52-40-16-8-4-12-36(40)50/h1-26H. The maximum absolute atomic E-state index is 6.30. The molecule has 0 radical (unpaired) electrons. The Bertz CT molecular complexity index is 2350. The van der Waals surface area contributed by atoms with Gasteiger partial charge in [-0.05, 0) is 83.9 Å². The lowest BCUT2D eigenvalue weighted by Crippen LogP contribution is -2.16. The number of anilines is 6. The van der Waals surface area contributed by atoms with Gasteiger partial charge < -0.3 is 19.3 Å². The zero-order chi connectivity index (χ0) is 34.4. The zero-order valence-electron chi connectivity index (χ0n) is 27.4. The fourth-order valence-electron chi connectivity index (χ4n) is 6.90. The molecule has 0 amide bonds. The number of rotatable bonds is 5. The summed E-state index contributed by atoms with van der Waals surface area (Å²) in [5.74, 6) is 4.14. The number of aromatic nitrogens is 6. The average Bonchev–Trinajstić information content (AvgIpc) is 3.22. The summed E-state index contributed by atoms with van der Waals surface area (Å²) < 4.78 is 12.6. The molecule has 0 aliphatic carbocycles. The van der Waals surface area contributed by atoms with Crippen LogP contribution in [0.3, 0.4) is 0 Å². The van der Waals surface area contributed by atoms with Crippen molar-refractivity contribution >= 4 is 34.1 Å². The van der Waals surface area contributed by atoms with Gasteiger partial charge in [0.2, 0.25) is 0 Å². The van der Waals surface area contributed by atoms with Crippen LogP contribution in [-0.2, 0) is 0 Å². The lowest BCUT2D eigenvalue weighted by atomic mass is 9.92. The van der Waals surface area contributed by atoms with Crippen molar-refractivity contribution in [1.82, 2.24) is 29.9 Å². The number of hydrogen-bond donors (Lipinski definition) is 0. The van der Waals surface area contributed by atoms with E-state index in [-0.39, 0.29) is 0 Å². The lowest BCUT2D eigenvalue weighted by Gasteiger charge is -2.33. The molecule has 10 rings (SSSR count).